The summed E-state index contributed by atoms with van der Waals surface area (Å²) < 4.78 is 5.44. The first-order chi connectivity index (χ1) is 12.6. The molecule has 3 aromatic heterocycles. The second kappa shape index (κ2) is 8.91. The number of aromatic nitrogens is 4. The summed E-state index contributed by atoms with van der Waals surface area (Å²) in [6, 6.07) is 7.67. The normalized spacial score (nSPS) is 12.5. The number of hydrogen-bond donors (Lipinski definition) is 0. The molecule has 0 fully saturated rings. The molecule has 136 valence electrons. The van der Waals surface area contributed by atoms with Crippen molar-refractivity contribution >= 4 is 11.8 Å². The van der Waals surface area contributed by atoms with Gasteiger partial charge in [-0.25, -0.2) is 9.97 Å². The second-order valence-corrected chi connectivity index (χ2v) is 7.68. The lowest BCUT2D eigenvalue weighted by molar-refractivity contribution is 0.266. The van der Waals surface area contributed by atoms with Crippen LogP contribution >= 0.6 is 11.8 Å². The van der Waals surface area contributed by atoms with Gasteiger partial charge in [-0.05, 0) is 25.6 Å². The van der Waals surface area contributed by atoms with E-state index in [9.17, 15) is 0 Å². The van der Waals surface area contributed by atoms with Gasteiger partial charge in [0.1, 0.15) is 5.69 Å². The van der Waals surface area contributed by atoms with Crippen molar-refractivity contribution in [2.24, 2.45) is 0 Å². The van der Waals surface area contributed by atoms with Crippen LogP contribution < -0.4 is 0 Å². The van der Waals surface area contributed by atoms with Gasteiger partial charge in [0, 0.05) is 42.0 Å². The molecule has 0 bridgehead atoms. The summed E-state index contributed by atoms with van der Waals surface area (Å²) in [5.74, 6) is 0.804. The Morgan fingerprint density at radius 1 is 1.12 bits per heavy atom. The van der Waals surface area contributed by atoms with E-state index >= 15 is 0 Å². The minimum Gasteiger partial charge on any atom is -0.359 e. The Labute approximate surface area is 158 Å². The molecule has 6 nitrogen and oxygen atoms in total. The van der Waals surface area contributed by atoms with Crippen LogP contribution in [0.2, 0.25) is 0 Å². The van der Waals surface area contributed by atoms with Crippen LogP contribution in [0, 0.1) is 0 Å². The third kappa shape index (κ3) is 5.12. The summed E-state index contributed by atoms with van der Waals surface area (Å²) >= 11 is 1.71. The molecule has 0 saturated heterocycles. The van der Waals surface area contributed by atoms with E-state index in [2.05, 4.69) is 38.9 Å². The molecule has 0 aliphatic heterocycles. The predicted molar refractivity (Wildman–Crippen MR) is 103 cm³/mol. The number of rotatable bonds is 8. The van der Waals surface area contributed by atoms with Gasteiger partial charge < -0.3 is 4.52 Å². The standard InChI is InChI=1S/C19H23N5OS/c1-4-14(2)26-19-21-10-15(11-22-19)12-24(3)13-16-9-18(23-25-16)17-7-5-6-8-20-17/h5-11,14H,4,12-13H2,1-3H3. The van der Waals surface area contributed by atoms with Crippen LogP contribution in [-0.2, 0) is 13.1 Å². The van der Waals surface area contributed by atoms with Gasteiger partial charge in [-0.15, -0.1) is 0 Å². The minimum atomic E-state index is 0.531. The molecule has 0 aliphatic rings. The molecule has 0 saturated carbocycles. The van der Waals surface area contributed by atoms with Crippen LogP contribution in [0.4, 0.5) is 0 Å². The molecule has 1 atom stereocenters. The van der Waals surface area contributed by atoms with E-state index in [1.165, 1.54) is 0 Å². The zero-order valence-corrected chi connectivity index (χ0v) is 16.1. The molecule has 26 heavy (non-hydrogen) atoms. The van der Waals surface area contributed by atoms with Gasteiger partial charge >= 0.3 is 0 Å². The predicted octanol–water partition coefficient (Wildman–Crippen LogP) is 4.05. The third-order valence-electron chi connectivity index (χ3n) is 3.93. The molecule has 0 aliphatic carbocycles. The van der Waals surface area contributed by atoms with E-state index in [1.807, 2.05) is 43.7 Å². The van der Waals surface area contributed by atoms with E-state index in [4.69, 9.17) is 4.52 Å². The summed E-state index contributed by atoms with van der Waals surface area (Å²) in [6.45, 7) is 5.76. The summed E-state index contributed by atoms with van der Waals surface area (Å²) in [6.07, 6.45) is 6.65. The average molecular weight is 369 g/mol. The van der Waals surface area contributed by atoms with Crippen LogP contribution in [0.3, 0.4) is 0 Å². The summed E-state index contributed by atoms with van der Waals surface area (Å²) in [7, 11) is 2.03. The van der Waals surface area contributed by atoms with Crippen LogP contribution in [0.1, 0.15) is 31.6 Å². The SMILES string of the molecule is CCC(C)Sc1ncc(CN(C)Cc2cc(-c3ccccn3)no2)cn1. The van der Waals surface area contributed by atoms with Crippen molar-refractivity contribution in [3.05, 3.63) is 54.2 Å². The first-order valence-corrected chi connectivity index (χ1v) is 9.55. The largest absolute Gasteiger partial charge is 0.359 e. The Morgan fingerprint density at radius 3 is 2.62 bits per heavy atom. The fourth-order valence-electron chi connectivity index (χ4n) is 2.40. The quantitative estimate of drug-likeness (QED) is 0.438. The van der Waals surface area contributed by atoms with E-state index < -0.39 is 0 Å². The van der Waals surface area contributed by atoms with Crippen molar-refractivity contribution in [1.82, 2.24) is 25.0 Å². The molecule has 3 heterocycles. The van der Waals surface area contributed by atoms with Gasteiger partial charge in [0.2, 0.25) is 0 Å². The summed E-state index contributed by atoms with van der Waals surface area (Å²) in [4.78, 5) is 15.3. The van der Waals surface area contributed by atoms with E-state index in [1.54, 1.807) is 18.0 Å². The number of hydrogen-bond acceptors (Lipinski definition) is 7. The highest BCUT2D eigenvalue weighted by atomic mass is 32.2. The first kappa shape index (κ1) is 18.5. The maximum Gasteiger partial charge on any atom is 0.187 e. The van der Waals surface area contributed by atoms with Crippen LogP contribution in [0.15, 0.2) is 52.5 Å². The van der Waals surface area contributed by atoms with Crippen LogP contribution in [0.25, 0.3) is 11.4 Å². The zero-order valence-electron chi connectivity index (χ0n) is 15.3. The van der Waals surface area contributed by atoms with Crippen molar-refractivity contribution < 1.29 is 4.52 Å². The third-order valence-corrected chi connectivity index (χ3v) is 5.08. The molecule has 0 amide bonds. The molecule has 0 aromatic carbocycles. The molecule has 0 spiro atoms. The highest BCUT2D eigenvalue weighted by Gasteiger charge is 2.11. The van der Waals surface area contributed by atoms with Gasteiger partial charge in [-0.2, -0.15) is 0 Å². The van der Waals surface area contributed by atoms with Gasteiger partial charge in [0.15, 0.2) is 10.9 Å². The van der Waals surface area contributed by atoms with Crippen molar-refractivity contribution in [2.45, 2.75) is 43.8 Å². The number of thioether (sulfide) groups is 1. The zero-order chi connectivity index (χ0) is 18.4. The molecular weight excluding hydrogens is 346 g/mol. The highest BCUT2D eigenvalue weighted by molar-refractivity contribution is 7.99. The monoisotopic (exact) mass is 369 g/mol. The van der Waals surface area contributed by atoms with Crippen molar-refractivity contribution in [3.63, 3.8) is 0 Å². The maximum absolute atomic E-state index is 5.44. The second-order valence-electron chi connectivity index (χ2n) is 6.28. The summed E-state index contributed by atoms with van der Waals surface area (Å²) in [5, 5.41) is 5.47. The Morgan fingerprint density at radius 2 is 1.92 bits per heavy atom. The Bertz CT molecular complexity index is 806. The van der Waals surface area contributed by atoms with Gasteiger partial charge in [0.05, 0.1) is 12.2 Å². The highest BCUT2D eigenvalue weighted by Crippen LogP contribution is 2.21. The fraction of sp³-hybridized carbons (Fsp3) is 0.368. The average Bonchev–Trinajstić information content (AvgIpc) is 3.12. The Kier molecular flexibility index (Phi) is 6.35. The van der Waals surface area contributed by atoms with E-state index in [0.717, 1.165) is 40.8 Å². The molecule has 7 heteroatoms. The van der Waals surface area contributed by atoms with Gasteiger partial charge in [0.25, 0.3) is 0 Å². The topological polar surface area (TPSA) is 67.9 Å². The van der Waals surface area contributed by atoms with Crippen LogP contribution in [0.5, 0.6) is 0 Å². The Balaban J connectivity index is 1.56. The van der Waals surface area contributed by atoms with Crippen molar-refractivity contribution in [2.75, 3.05) is 7.05 Å². The molecule has 0 radical (unpaired) electrons. The lowest BCUT2D eigenvalue weighted by atomic mass is 10.2. The van der Waals surface area contributed by atoms with Gasteiger partial charge in [-0.1, -0.05) is 36.8 Å². The maximum atomic E-state index is 5.44. The van der Waals surface area contributed by atoms with Crippen LogP contribution in [-0.4, -0.2) is 37.3 Å². The van der Waals surface area contributed by atoms with E-state index in [0.29, 0.717) is 11.8 Å². The molecule has 0 N–H and O–H groups in total. The Hall–Kier alpha value is -2.25. The van der Waals surface area contributed by atoms with Crippen molar-refractivity contribution in [1.29, 1.82) is 0 Å². The molecule has 3 aromatic rings. The lowest BCUT2D eigenvalue weighted by Crippen LogP contribution is -2.17. The summed E-state index contributed by atoms with van der Waals surface area (Å²) in [5.41, 5.74) is 2.64. The smallest absolute Gasteiger partial charge is 0.187 e. The minimum absolute atomic E-state index is 0.531. The molecular formula is C19H23N5OS. The lowest BCUT2D eigenvalue weighted by Gasteiger charge is -2.14. The van der Waals surface area contributed by atoms with Gasteiger partial charge in [-0.3, -0.25) is 9.88 Å². The van der Waals surface area contributed by atoms with E-state index in [-0.39, 0.29) is 0 Å². The molecule has 3 rings (SSSR count). The fourth-order valence-corrected chi connectivity index (χ4v) is 3.16. The van der Waals surface area contributed by atoms with Crippen molar-refractivity contribution in [3.8, 4) is 11.4 Å². The first-order valence-electron chi connectivity index (χ1n) is 8.67. The molecule has 1 unspecified atom stereocenters. The number of nitrogens with zero attached hydrogens (tertiary/aromatic N) is 5. The number of pyridine rings is 1.